The Labute approximate surface area is 102 Å². The number of hydrogen-bond acceptors (Lipinski definition) is 3. The monoisotopic (exact) mass is 228 g/mol. The van der Waals surface area contributed by atoms with E-state index in [-0.39, 0.29) is 5.41 Å². The zero-order valence-electron chi connectivity index (χ0n) is 10.1. The van der Waals surface area contributed by atoms with Crippen molar-refractivity contribution in [2.45, 2.75) is 12.8 Å². The number of likely N-dealkylation sites (N-methyl/N-ethyl adjacent to an activating group) is 1. The lowest BCUT2D eigenvalue weighted by molar-refractivity contribution is -0.0765. The topological polar surface area (TPSA) is 36.3 Å². The Bertz CT molecular complexity index is 485. The van der Waals surface area contributed by atoms with Gasteiger partial charge in [0.2, 0.25) is 0 Å². The van der Waals surface area contributed by atoms with Gasteiger partial charge in [0.25, 0.3) is 0 Å². The molecule has 3 heteroatoms. The summed E-state index contributed by atoms with van der Waals surface area (Å²) in [5.74, 6) is 0. The minimum absolute atomic E-state index is 0.265. The lowest BCUT2D eigenvalue weighted by Gasteiger charge is -2.35. The van der Waals surface area contributed by atoms with Crippen molar-refractivity contribution < 1.29 is 4.74 Å². The fraction of sp³-hybridized carbons (Fsp3) is 0.500. The molecule has 0 unspecified atom stereocenters. The van der Waals surface area contributed by atoms with E-state index in [1.54, 1.807) is 0 Å². The Morgan fingerprint density at radius 2 is 2.29 bits per heavy atom. The van der Waals surface area contributed by atoms with E-state index < -0.39 is 0 Å². The summed E-state index contributed by atoms with van der Waals surface area (Å²) >= 11 is 0. The van der Waals surface area contributed by atoms with Crippen molar-refractivity contribution in [1.82, 2.24) is 0 Å². The molecule has 0 amide bonds. The van der Waals surface area contributed by atoms with Gasteiger partial charge >= 0.3 is 0 Å². The van der Waals surface area contributed by atoms with E-state index in [1.807, 2.05) is 0 Å². The summed E-state index contributed by atoms with van der Waals surface area (Å²) in [6.45, 7) is 2.27. The van der Waals surface area contributed by atoms with Crippen molar-refractivity contribution in [2.75, 3.05) is 31.7 Å². The van der Waals surface area contributed by atoms with Gasteiger partial charge in [0, 0.05) is 19.3 Å². The van der Waals surface area contributed by atoms with Gasteiger partial charge in [-0.15, -0.1) is 0 Å². The van der Waals surface area contributed by atoms with E-state index >= 15 is 0 Å². The summed E-state index contributed by atoms with van der Waals surface area (Å²) in [5.41, 5.74) is 3.76. The second kappa shape index (κ2) is 3.75. The number of anilines is 1. The van der Waals surface area contributed by atoms with E-state index in [0.717, 1.165) is 19.4 Å². The maximum atomic E-state index is 9.20. The first-order valence-electron chi connectivity index (χ1n) is 6.04. The zero-order chi connectivity index (χ0) is 11.9. The third-order valence-corrected chi connectivity index (χ3v) is 3.81. The SMILES string of the molecule is CN1CCc2cc(CC3(C#N)COC3)ccc21. The molecule has 17 heavy (non-hydrogen) atoms. The van der Waals surface area contributed by atoms with E-state index in [1.165, 1.54) is 16.8 Å². The second-order valence-electron chi connectivity index (χ2n) is 5.20. The normalized spacial score (nSPS) is 20.6. The van der Waals surface area contributed by atoms with Crippen LogP contribution in [0.4, 0.5) is 5.69 Å². The Balaban J connectivity index is 1.84. The third kappa shape index (κ3) is 1.69. The summed E-state index contributed by atoms with van der Waals surface area (Å²) in [5, 5.41) is 9.20. The Morgan fingerprint density at radius 1 is 1.47 bits per heavy atom. The largest absolute Gasteiger partial charge is 0.378 e. The molecule has 0 saturated carbocycles. The molecule has 3 rings (SSSR count). The molecule has 2 heterocycles. The van der Waals surface area contributed by atoms with Crippen LogP contribution >= 0.6 is 0 Å². The van der Waals surface area contributed by atoms with Crippen LogP contribution in [-0.4, -0.2) is 26.8 Å². The van der Waals surface area contributed by atoms with E-state index in [4.69, 9.17) is 4.74 Å². The number of fused-ring (bicyclic) bond motifs is 1. The molecule has 0 aromatic heterocycles. The highest BCUT2D eigenvalue weighted by Gasteiger charge is 2.39. The number of benzene rings is 1. The van der Waals surface area contributed by atoms with Gasteiger partial charge in [0.05, 0.1) is 19.3 Å². The standard InChI is InChI=1S/C14H16N2O/c1-16-5-4-12-6-11(2-3-13(12)16)7-14(8-15)9-17-10-14/h2-3,6H,4-5,7,9-10H2,1H3. The first kappa shape index (κ1) is 10.6. The van der Waals surface area contributed by atoms with Crippen molar-refractivity contribution in [3.63, 3.8) is 0 Å². The molecular weight excluding hydrogens is 212 g/mol. The van der Waals surface area contributed by atoms with Crippen molar-refractivity contribution in [3.8, 4) is 6.07 Å². The second-order valence-corrected chi connectivity index (χ2v) is 5.20. The molecule has 0 radical (unpaired) electrons. The molecule has 1 fully saturated rings. The third-order valence-electron chi connectivity index (χ3n) is 3.81. The van der Waals surface area contributed by atoms with Crippen molar-refractivity contribution in [1.29, 1.82) is 5.26 Å². The van der Waals surface area contributed by atoms with Gasteiger partial charge in [0.1, 0.15) is 5.41 Å². The number of nitriles is 1. The summed E-state index contributed by atoms with van der Waals surface area (Å²) in [4.78, 5) is 2.28. The first-order valence-corrected chi connectivity index (χ1v) is 6.04. The molecule has 1 aromatic carbocycles. The Morgan fingerprint density at radius 3 is 2.94 bits per heavy atom. The minimum atomic E-state index is -0.265. The quantitative estimate of drug-likeness (QED) is 0.774. The summed E-state index contributed by atoms with van der Waals surface area (Å²) in [7, 11) is 2.13. The Hall–Kier alpha value is -1.53. The van der Waals surface area contributed by atoms with Crippen LogP contribution in [-0.2, 0) is 17.6 Å². The minimum Gasteiger partial charge on any atom is -0.378 e. The smallest absolute Gasteiger partial charge is 0.108 e. The first-order chi connectivity index (χ1) is 8.22. The molecule has 88 valence electrons. The average Bonchev–Trinajstić information content (AvgIpc) is 2.65. The summed E-state index contributed by atoms with van der Waals surface area (Å²) in [6, 6.07) is 9.00. The van der Waals surface area contributed by atoms with Crippen LogP contribution < -0.4 is 4.90 Å². The van der Waals surface area contributed by atoms with Gasteiger partial charge in [-0.25, -0.2) is 0 Å². The van der Waals surface area contributed by atoms with Gasteiger partial charge in [-0.05, 0) is 30.0 Å². The van der Waals surface area contributed by atoms with E-state index in [2.05, 4.69) is 36.2 Å². The number of hydrogen-bond donors (Lipinski definition) is 0. The van der Waals surface area contributed by atoms with Gasteiger partial charge in [-0.2, -0.15) is 5.26 Å². The summed E-state index contributed by atoms with van der Waals surface area (Å²) in [6.07, 6.45) is 1.94. The molecule has 2 aliphatic rings. The molecule has 0 N–H and O–H groups in total. The van der Waals surface area contributed by atoms with Crippen molar-refractivity contribution in [2.24, 2.45) is 5.41 Å². The van der Waals surface area contributed by atoms with E-state index in [0.29, 0.717) is 13.2 Å². The highest BCUT2D eigenvalue weighted by molar-refractivity contribution is 5.58. The molecule has 0 atom stereocenters. The molecule has 3 nitrogen and oxygen atoms in total. The van der Waals surface area contributed by atoms with Crippen molar-refractivity contribution in [3.05, 3.63) is 29.3 Å². The fourth-order valence-corrected chi connectivity index (χ4v) is 2.68. The predicted molar refractivity (Wildman–Crippen MR) is 66.0 cm³/mol. The molecule has 0 bridgehead atoms. The van der Waals surface area contributed by atoms with Crippen LogP contribution in [0.2, 0.25) is 0 Å². The van der Waals surface area contributed by atoms with Crippen LogP contribution in [0.1, 0.15) is 11.1 Å². The molecule has 0 aliphatic carbocycles. The molecular formula is C14H16N2O. The highest BCUT2D eigenvalue weighted by atomic mass is 16.5. The Kier molecular flexibility index (Phi) is 2.34. The highest BCUT2D eigenvalue weighted by Crippen LogP contribution is 2.33. The average molecular weight is 228 g/mol. The number of nitrogens with zero attached hydrogens (tertiary/aromatic N) is 2. The van der Waals surface area contributed by atoms with Crippen LogP contribution in [0.5, 0.6) is 0 Å². The van der Waals surface area contributed by atoms with Gasteiger partial charge in [0.15, 0.2) is 0 Å². The van der Waals surface area contributed by atoms with Crippen molar-refractivity contribution >= 4 is 5.69 Å². The molecule has 0 spiro atoms. The van der Waals surface area contributed by atoms with Gasteiger partial charge in [-0.1, -0.05) is 12.1 Å². The maximum Gasteiger partial charge on any atom is 0.108 e. The zero-order valence-corrected chi connectivity index (χ0v) is 10.1. The van der Waals surface area contributed by atoms with Gasteiger partial charge < -0.3 is 9.64 Å². The summed E-state index contributed by atoms with van der Waals surface area (Å²) < 4.78 is 5.18. The van der Waals surface area contributed by atoms with Crippen LogP contribution in [0.15, 0.2) is 18.2 Å². The lowest BCUT2D eigenvalue weighted by atomic mass is 9.81. The van der Waals surface area contributed by atoms with E-state index in [9.17, 15) is 5.26 Å². The number of rotatable bonds is 2. The maximum absolute atomic E-state index is 9.20. The van der Waals surface area contributed by atoms with Crippen LogP contribution in [0, 0.1) is 16.7 Å². The molecule has 1 saturated heterocycles. The molecule has 2 aliphatic heterocycles. The fourth-order valence-electron chi connectivity index (χ4n) is 2.68. The van der Waals surface area contributed by atoms with Crippen LogP contribution in [0.3, 0.4) is 0 Å². The lowest BCUT2D eigenvalue weighted by Crippen LogP contribution is -2.43. The van der Waals surface area contributed by atoms with Crippen LogP contribution in [0.25, 0.3) is 0 Å². The predicted octanol–water partition coefficient (Wildman–Crippen LogP) is 1.76. The van der Waals surface area contributed by atoms with Gasteiger partial charge in [-0.3, -0.25) is 0 Å². The number of ether oxygens (including phenoxy) is 1. The molecule has 1 aromatic rings.